The van der Waals surface area contributed by atoms with Gasteiger partial charge < -0.3 is 11.7 Å². The van der Waals surface area contributed by atoms with Crippen LogP contribution in [0.2, 0.25) is 0 Å². The van der Waals surface area contributed by atoms with E-state index in [0.29, 0.717) is 0 Å². The van der Waals surface area contributed by atoms with E-state index in [0.717, 1.165) is 26.1 Å². The Morgan fingerprint density at radius 3 is 2.38 bits per heavy atom. The number of halogens is 1. The van der Waals surface area contributed by atoms with Crippen LogP contribution in [0.1, 0.15) is 31.2 Å². The molecule has 0 heterocycles. The van der Waals surface area contributed by atoms with Gasteiger partial charge in [0.2, 0.25) is 0 Å². The summed E-state index contributed by atoms with van der Waals surface area (Å²) in [6.07, 6.45) is 4.65. The van der Waals surface area contributed by atoms with E-state index in [-0.39, 0.29) is 0 Å². The summed E-state index contributed by atoms with van der Waals surface area (Å²) in [4.78, 5) is 0. The monoisotopic (exact) mass is 334 g/mol. The van der Waals surface area contributed by atoms with Crippen LogP contribution in [0.5, 0.6) is 0 Å². The fraction of sp³-hybridized carbons (Fsp3) is 0.462. The van der Waals surface area contributed by atoms with Crippen molar-refractivity contribution in [1.82, 2.24) is 0 Å². The van der Waals surface area contributed by atoms with Gasteiger partial charge in [0.25, 0.3) is 0 Å². The van der Waals surface area contributed by atoms with Crippen LogP contribution in [0.15, 0.2) is 30.3 Å². The zero-order valence-corrected chi connectivity index (χ0v) is 14.4. The number of benzene rings is 1. The molecule has 1 nitrogen and oxygen atoms in total. The zero-order chi connectivity index (χ0) is 12.1. The van der Waals surface area contributed by atoms with Gasteiger partial charge in [-0.3, -0.25) is 0 Å². The summed E-state index contributed by atoms with van der Waals surface area (Å²) >= 11 is 4.25. The molecule has 0 spiro atoms. The Kier molecular flexibility index (Phi) is 13.6. The molecule has 0 N–H and O–H groups in total. The maximum absolute atomic E-state index is 5.55. The first-order valence-electron chi connectivity index (χ1n) is 5.61. The summed E-state index contributed by atoms with van der Waals surface area (Å²) in [5.74, 6) is 0. The minimum atomic E-state index is 0.741. The van der Waals surface area contributed by atoms with Gasteiger partial charge in [-0.05, 0) is 12.0 Å². The molecule has 0 aromatic heterocycles. The number of rotatable bonds is 7. The normalized spacial score (nSPS) is 9.50. The zero-order valence-electron chi connectivity index (χ0n) is 9.83. The molecule has 0 radical (unpaired) electrons. The molecule has 0 saturated heterocycles. The van der Waals surface area contributed by atoms with Crippen LogP contribution in [-0.2, 0) is 27.7 Å². The molecule has 0 bridgehead atoms. The Hall–Kier alpha value is 0.283. The van der Waals surface area contributed by atoms with Crippen LogP contribution >= 0.6 is 13.6 Å². The molecule has 0 aliphatic heterocycles. The fourth-order valence-electron chi connectivity index (χ4n) is 1.32. The Morgan fingerprint density at radius 2 is 1.75 bits per heavy atom. The molecular formula is C13H19BrOZn. The van der Waals surface area contributed by atoms with Crippen LogP contribution < -0.4 is 0 Å². The van der Waals surface area contributed by atoms with E-state index in [1.165, 1.54) is 34.7 Å². The Bertz CT molecular complexity index is 229. The molecule has 0 unspecified atom stereocenters. The molecule has 0 aliphatic carbocycles. The average Bonchev–Trinajstić information content (AvgIpc) is 2.37. The number of hydrogen-bond acceptors (Lipinski definition) is 1. The van der Waals surface area contributed by atoms with Crippen LogP contribution in [-0.4, -0.2) is 6.61 Å². The molecule has 1 rings (SSSR count). The van der Waals surface area contributed by atoms with E-state index in [1.807, 2.05) is 18.2 Å². The van der Waals surface area contributed by atoms with Crippen molar-refractivity contribution < 1.29 is 21.1 Å². The van der Waals surface area contributed by atoms with Crippen molar-refractivity contribution in [3.05, 3.63) is 42.8 Å². The molecule has 0 amide bonds. The van der Waals surface area contributed by atoms with E-state index in [2.05, 4.69) is 32.7 Å². The van der Waals surface area contributed by atoms with E-state index >= 15 is 0 Å². The van der Waals surface area contributed by atoms with Crippen molar-refractivity contribution >= 4 is 13.6 Å². The van der Waals surface area contributed by atoms with E-state index < -0.39 is 0 Å². The molecular weight excluding hydrogens is 317 g/mol. The first-order chi connectivity index (χ1) is 7.93. The first-order valence-corrected chi connectivity index (χ1v) is 12.6. The van der Waals surface area contributed by atoms with Crippen molar-refractivity contribution in [2.24, 2.45) is 0 Å². The molecule has 3 heteroatoms. The summed E-state index contributed by atoms with van der Waals surface area (Å²) in [7, 11) is 0. The molecule has 1 aromatic carbocycles. The molecule has 0 aliphatic rings. The van der Waals surface area contributed by atoms with Crippen LogP contribution in [0.4, 0.5) is 0 Å². The summed E-state index contributed by atoms with van der Waals surface area (Å²) in [6.45, 7) is 5.42. The second kappa shape index (κ2) is 13.3. The Morgan fingerprint density at radius 1 is 1.06 bits per heavy atom. The van der Waals surface area contributed by atoms with Crippen molar-refractivity contribution in [2.75, 3.05) is 6.61 Å². The summed E-state index contributed by atoms with van der Waals surface area (Å²) in [5, 5.41) is 0. The van der Waals surface area contributed by atoms with E-state index in [1.54, 1.807) is 0 Å². The Balaban J connectivity index is 0.00000106. The third-order valence-corrected chi connectivity index (χ3v) is 2.15. The number of unbranched alkanes of at least 4 members (excludes halogenated alkanes) is 3. The van der Waals surface area contributed by atoms with Gasteiger partial charge in [0.15, 0.2) is 0 Å². The predicted octanol–water partition coefficient (Wildman–Crippen LogP) is 4.44. The first kappa shape index (κ1) is 16.3. The van der Waals surface area contributed by atoms with Crippen molar-refractivity contribution in [1.29, 1.82) is 0 Å². The standard InChI is InChI=1S/C13H19O.BrH.Zn/c1-2-3-4-8-11-14-12-13-9-6-5-7-10-13;;/h5-7,9-10H,1-4,8,11-12H2;1H;/q-1;;+2/p-1. The van der Waals surface area contributed by atoms with E-state index in [9.17, 15) is 0 Å². The van der Waals surface area contributed by atoms with Crippen molar-refractivity contribution in [3.8, 4) is 0 Å². The topological polar surface area (TPSA) is 9.23 Å². The summed E-state index contributed by atoms with van der Waals surface area (Å²) < 4.78 is 5.55. The minimum absolute atomic E-state index is 0.741. The second-order valence-electron chi connectivity index (χ2n) is 3.45. The Labute approximate surface area is 116 Å². The van der Waals surface area contributed by atoms with Crippen LogP contribution in [0, 0.1) is 6.92 Å². The average molecular weight is 337 g/mol. The van der Waals surface area contributed by atoms with Crippen LogP contribution in [0.25, 0.3) is 0 Å². The molecule has 0 atom stereocenters. The van der Waals surface area contributed by atoms with Gasteiger partial charge >= 0.3 is 30.0 Å². The van der Waals surface area contributed by atoms with Gasteiger partial charge in [0.1, 0.15) is 0 Å². The SMILES string of the molecule is [CH2-]CCCCCOCc1ccccc1.[Zn+][Br]. The third kappa shape index (κ3) is 9.51. The van der Waals surface area contributed by atoms with Gasteiger partial charge in [0.05, 0.1) is 6.61 Å². The van der Waals surface area contributed by atoms with Gasteiger partial charge in [-0.25, -0.2) is 0 Å². The second-order valence-corrected chi connectivity index (χ2v) is 3.45. The van der Waals surface area contributed by atoms with Crippen LogP contribution in [0.3, 0.4) is 0 Å². The van der Waals surface area contributed by atoms with Crippen molar-refractivity contribution in [2.45, 2.75) is 32.3 Å². The summed E-state index contributed by atoms with van der Waals surface area (Å²) in [5.41, 5.74) is 1.25. The number of hydrogen-bond donors (Lipinski definition) is 0. The molecule has 16 heavy (non-hydrogen) atoms. The van der Waals surface area contributed by atoms with Gasteiger partial charge in [-0.2, -0.15) is 6.42 Å². The summed E-state index contributed by atoms with van der Waals surface area (Å²) in [6, 6.07) is 10.3. The van der Waals surface area contributed by atoms with Gasteiger partial charge in [-0.1, -0.05) is 43.2 Å². The number of ether oxygens (including phenoxy) is 1. The predicted molar refractivity (Wildman–Crippen MR) is 68.9 cm³/mol. The molecule has 1 aromatic rings. The fourth-order valence-corrected chi connectivity index (χ4v) is 1.32. The van der Waals surface area contributed by atoms with Crippen molar-refractivity contribution in [3.63, 3.8) is 0 Å². The molecule has 86 valence electrons. The third-order valence-electron chi connectivity index (χ3n) is 2.15. The quantitative estimate of drug-likeness (QED) is 0.406. The van der Waals surface area contributed by atoms with E-state index in [4.69, 9.17) is 4.74 Å². The van der Waals surface area contributed by atoms with Gasteiger partial charge in [0, 0.05) is 6.61 Å². The maximum atomic E-state index is 5.55. The van der Waals surface area contributed by atoms with Gasteiger partial charge in [-0.15, -0.1) is 0 Å². The molecule has 0 fully saturated rings. The molecule has 0 saturated carbocycles.